The standard InChI is InChI=1S/C17H30N2O/c1-4-12-19(17(5-2,6-3)15-18)13-14-20-16-10-8-7-9-11-16/h7-11H,4-6,12-15,18H2,1-3H3. The van der Waals surface area contributed by atoms with Crippen LogP contribution in [0.3, 0.4) is 0 Å². The Morgan fingerprint density at radius 2 is 1.70 bits per heavy atom. The van der Waals surface area contributed by atoms with Gasteiger partial charge in [-0.2, -0.15) is 0 Å². The number of hydrogen-bond donors (Lipinski definition) is 1. The highest BCUT2D eigenvalue weighted by Gasteiger charge is 2.31. The van der Waals surface area contributed by atoms with Crippen molar-refractivity contribution in [2.45, 2.75) is 45.6 Å². The molecular formula is C17H30N2O. The molecule has 0 radical (unpaired) electrons. The second-order valence-electron chi connectivity index (χ2n) is 5.28. The Kier molecular flexibility index (Phi) is 7.63. The molecule has 0 aliphatic heterocycles. The zero-order valence-corrected chi connectivity index (χ0v) is 13.3. The van der Waals surface area contributed by atoms with E-state index < -0.39 is 0 Å². The third-order valence-electron chi connectivity index (χ3n) is 4.23. The summed E-state index contributed by atoms with van der Waals surface area (Å²) in [7, 11) is 0. The van der Waals surface area contributed by atoms with Crippen LogP contribution in [0.1, 0.15) is 40.0 Å². The van der Waals surface area contributed by atoms with Gasteiger partial charge in [-0.25, -0.2) is 0 Å². The molecule has 1 aromatic rings. The molecule has 0 aliphatic rings. The van der Waals surface area contributed by atoms with E-state index in [0.717, 1.165) is 38.1 Å². The molecule has 1 rings (SSSR count). The van der Waals surface area contributed by atoms with E-state index in [1.807, 2.05) is 30.3 Å². The number of hydrogen-bond acceptors (Lipinski definition) is 3. The van der Waals surface area contributed by atoms with Crippen LogP contribution in [0.2, 0.25) is 0 Å². The van der Waals surface area contributed by atoms with Gasteiger partial charge in [0, 0.05) is 18.6 Å². The molecule has 0 amide bonds. The topological polar surface area (TPSA) is 38.5 Å². The van der Waals surface area contributed by atoms with Gasteiger partial charge in [-0.15, -0.1) is 0 Å². The Labute approximate surface area is 124 Å². The van der Waals surface area contributed by atoms with Crippen molar-refractivity contribution in [3.63, 3.8) is 0 Å². The predicted octanol–water partition coefficient (Wildman–Crippen LogP) is 3.29. The van der Waals surface area contributed by atoms with E-state index in [2.05, 4.69) is 25.7 Å². The average molecular weight is 278 g/mol. The van der Waals surface area contributed by atoms with Crippen LogP contribution in [0.25, 0.3) is 0 Å². The fourth-order valence-corrected chi connectivity index (χ4v) is 2.76. The Bertz CT molecular complexity index is 341. The molecule has 2 N–H and O–H groups in total. The quantitative estimate of drug-likeness (QED) is 0.713. The highest BCUT2D eigenvalue weighted by Crippen LogP contribution is 2.23. The first kappa shape index (κ1) is 17.0. The number of nitrogens with two attached hydrogens (primary N) is 1. The van der Waals surface area contributed by atoms with Gasteiger partial charge in [0.05, 0.1) is 0 Å². The van der Waals surface area contributed by atoms with Crippen molar-refractivity contribution in [1.29, 1.82) is 0 Å². The molecule has 0 heterocycles. The first-order chi connectivity index (χ1) is 9.72. The van der Waals surface area contributed by atoms with Gasteiger partial charge in [-0.1, -0.05) is 39.0 Å². The molecule has 20 heavy (non-hydrogen) atoms. The third-order valence-corrected chi connectivity index (χ3v) is 4.23. The number of benzene rings is 1. The van der Waals surface area contributed by atoms with Crippen molar-refractivity contribution in [2.75, 3.05) is 26.2 Å². The fourth-order valence-electron chi connectivity index (χ4n) is 2.76. The summed E-state index contributed by atoms with van der Waals surface area (Å²) in [6.45, 7) is 10.1. The van der Waals surface area contributed by atoms with Crippen molar-refractivity contribution < 1.29 is 4.74 Å². The van der Waals surface area contributed by atoms with Crippen LogP contribution in [-0.2, 0) is 0 Å². The van der Waals surface area contributed by atoms with Crippen LogP contribution >= 0.6 is 0 Å². The van der Waals surface area contributed by atoms with Gasteiger partial charge in [0.15, 0.2) is 0 Å². The van der Waals surface area contributed by atoms with Crippen molar-refractivity contribution in [3.05, 3.63) is 30.3 Å². The number of rotatable bonds is 10. The summed E-state index contributed by atoms with van der Waals surface area (Å²) in [4.78, 5) is 2.51. The van der Waals surface area contributed by atoms with Crippen LogP contribution in [0, 0.1) is 0 Å². The van der Waals surface area contributed by atoms with Gasteiger partial charge in [-0.05, 0) is 37.9 Å². The van der Waals surface area contributed by atoms with Crippen LogP contribution in [0.5, 0.6) is 5.75 Å². The van der Waals surface area contributed by atoms with Crippen LogP contribution in [0.15, 0.2) is 30.3 Å². The zero-order chi connectivity index (χ0) is 14.8. The van der Waals surface area contributed by atoms with Crippen molar-refractivity contribution in [2.24, 2.45) is 5.73 Å². The Balaban J connectivity index is 2.58. The van der Waals surface area contributed by atoms with Gasteiger partial charge < -0.3 is 10.5 Å². The van der Waals surface area contributed by atoms with Crippen molar-refractivity contribution >= 4 is 0 Å². The molecule has 0 saturated heterocycles. The summed E-state index contributed by atoms with van der Waals surface area (Å²) in [6.07, 6.45) is 3.32. The molecule has 0 atom stereocenters. The highest BCUT2D eigenvalue weighted by molar-refractivity contribution is 5.20. The van der Waals surface area contributed by atoms with Crippen LogP contribution in [0.4, 0.5) is 0 Å². The average Bonchev–Trinajstić information content (AvgIpc) is 2.50. The van der Waals surface area contributed by atoms with Gasteiger partial charge in [-0.3, -0.25) is 4.90 Å². The second-order valence-corrected chi connectivity index (χ2v) is 5.28. The lowest BCUT2D eigenvalue weighted by atomic mass is 9.90. The first-order valence-corrected chi connectivity index (χ1v) is 7.85. The van der Waals surface area contributed by atoms with Crippen molar-refractivity contribution in [1.82, 2.24) is 4.90 Å². The lowest BCUT2D eigenvalue weighted by Gasteiger charge is -2.42. The summed E-state index contributed by atoms with van der Waals surface area (Å²) < 4.78 is 5.83. The SMILES string of the molecule is CCCN(CCOc1ccccc1)C(CC)(CC)CN. The van der Waals surface area contributed by atoms with E-state index in [9.17, 15) is 0 Å². The summed E-state index contributed by atoms with van der Waals surface area (Å²) in [5.74, 6) is 0.940. The molecule has 0 unspecified atom stereocenters. The molecule has 0 aliphatic carbocycles. The minimum Gasteiger partial charge on any atom is -0.492 e. The maximum absolute atomic E-state index is 6.06. The molecule has 0 saturated carbocycles. The largest absolute Gasteiger partial charge is 0.492 e. The lowest BCUT2D eigenvalue weighted by Crippen LogP contribution is -2.54. The Hall–Kier alpha value is -1.06. The van der Waals surface area contributed by atoms with E-state index in [4.69, 9.17) is 10.5 Å². The first-order valence-electron chi connectivity index (χ1n) is 7.85. The lowest BCUT2D eigenvalue weighted by molar-refractivity contribution is 0.0689. The van der Waals surface area contributed by atoms with Gasteiger partial charge >= 0.3 is 0 Å². The molecule has 0 bridgehead atoms. The van der Waals surface area contributed by atoms with E-state index in [-0.39, 0.29) is 5.54 Å². The Morgan fingerprint density at radius 3 is 2.20 bits per heavy atom. The minimum absolute atomic E-state index is 0.121. The van der Waals surface area contributed by atoms with Crippen LogP contribution < -0.4 is 10.5 Å². The number of ether oxygens (including phenoxy) is 1. The molecule has 0 spiro atoms. The fraction of sp³-hybridized carbons (Fsp3) is 0.647. The normalized spacial score (nSPS) is 11.8. The highest BCUT2D eigenvalue weighted by atomic mass is 16.5. The van der Waals surface area contributed by atoms with Gasteiger partial charge in [0.2, 0.25) is 0 Å². The number of nitrogens with zero attached hydrogens (tertiary/aromatic N) is 1. The summed E-state index contributed by atoms with van der Waals surface area (Å²) in [5, 5.41) is 0. The summed E-state index contributed by atoms with van der Waals surface area (Å²) in [6, 6.07) is 10.0. The van der Waals surface area contributed by atoms with E-state index in [1.165, 1.54) is 0 Å². The molecule has 3 heteroatoms. The zero-order valence-electron chi connectivity index (χ0n) is 13.3. The minimum atomic E-state index is 0.121. The number of para-hydroxylation sites is 1. The Morgan fingerprint density at radius 1 is 1.05 bits per heavy atom. The molecular weight excluding hydrogens is 248 g/mol. The van der Waals surface area contributed by atoms with Crippen molar-refractivity contribution in [3.8, 4) is 5.75 Å². The molecule has 3 nitrogen and oxygen atoms in total. The van der Waals surface area contributed by atoms with Gasteiger partial charge in [0.1, 0.15) is 12.4 Å². The monoisotopic (exact) mass is 278 g/mol. The van der Waals surface area contributed by atoms with E-state index >= 15 is 0 Å². The summed E-state index contributed by atoms with van der Waals surface area (Å²) >= 11 is 0. The third kappa shape index (κ3) is 4.50. The van der Waals surface area contributed by atoms with Gasteiger partial charge in [0.25, 0.3) is 0 Å². The van der Waals surface area contributed by atoms with E-state index in [0.29, 0.717) is 13.2 Å². The molecule has 0 aromatic heterocycles. The molecule has 114 valence electrons. The molecule has 0 fully saturated rings. The maximum Gasteiger partial charge on any atom is 0.119 e. The smallest absolute Gasteiger partial charge is 0.119 e. The van der Waals surface area contributed by atoms with E-state index in [1.54, 1.807) is 0 Å². The second kappa shape index (κ2) is 8.98. The predicted molar refractivity (Wildman–Crippen MR) is 86.2 cm³/mol. The molecule has 1 aromatic carbocycles. The maximum atomic E-state index is 6.06. The summed E-state index contributed by atoms with van der Waals surface area (Å²) in [5.41, 5.74) is 6.18. The van der Waals surface area contributed by atoms with Crippen LogP contribution in [-0.4, -0.2) is 36.7 Å².